The van der Waals surface area contributed by atoms with E-state index in [1.807, 2.05) is 13.1 Å². The van der Waals surface area contributed by atoms with Crippen LogP contribution in [0.5, 0.6) is 0 Å². The number of hydrogen-bond donors (Lipinski definition) is 2. The Labute approximate surface area is 140 Å². The van der Waals surface area contributed by atoms with E-state index in [1.54, 1.807) is 0 Å². The van der Waals surface area contributed by atoms with Gasteiger partial charge in [-0.25, -0.2) is 9.18 Å². The molecule has 0 bridgehead atoms. The minimum absolute atomic E-state index is 0.220. The monoisotopic (exact) mass is 332 g/mol. The van der Waals surface area contributed by atoms with E-state index in [1.165, 1.54) is 30.9 Å². The third kappa shape index (κ3) is 6.56. The van der Waals surface area contributed by atoms with Crippen molar-refractivity contribution >= 4 is 18.1 Å². The standard InChI is InChI=1S/C10H15N.C8H6FNO3/c1-3-4-5-10-7-6-9(2)11-8-10;9-7-3-5(10-4-11)1-2-6(7)8(12)13/h6-8H,3-5H2,1-2H3;1-4H,(H,10,11)(H,12,13). The lowest BCUT2D eigenvalue weighted by Gasteiger charge is -2.00. The van der Waals surface area contributed by atoms with Gasteiger partial charge in [0.15, 0.2) is 0 Å². The van der Waals surface area contributed by atoms with Gasteiger partial charge in [-0.15, -0.1) is 0 Å². The molecular weight excluding hydrogens is 311 g/mol. The topological polar surface area (TPSA) is 79.3 Å². The maximum atomic E-state index is 12.9. The maximum absolute atomic E-state index is 12.9. The second-order valence-electron chi connectivity index (χ2n) is 5.17. The molecule has 24 heavy (non-hydrogen) atoms. The van der Waals surface area contributed by atoms with Gasteiger partial charge in [-0.3, -0.25) is 9.78 Å². The molecule has 0 spiro atoms. The van der Waals surface area contributed by atoms with Gasteiger partial charge >= 0.3 is 5.97 Å². The molecule has 1 aromatic heterocycles. The van der Waals surface area contributed by atoms with Crippen molar-refractivity contribution in [2.45, 2.75) is 33.1 Å². The average Bonchev–Trinajstić information content (AvgIpc) is 2.55. The lowest BCUT2D eigenvalue weighted by atomic mass is 10.1. The molecule has 1 heterocycles. The van der Waals surface area contributed by atoms with E-state index in [0.717, 1.165) is 17.8 Å². The zero-order valence-electron chi connectivity index (χ0n) is 13.8. The van der Waals surface area contributed by atoms with Crippen molar-refractivity contribution in [2.75, 3.05) is 5.32 Å². The number of nitrogens with one attached hydrogen (secondary N) is 1. The Hall–Kier alpha value is -2.76. The number of pyridine rings is 1. The van der Waals surface area contributed by atoms with Crippen molar-refractivity contribution in [3.05, 3.63) is 59.2 Å². The summed E-state index contributed by atoms with van der Waals surface area (Å²) in [6.45, 7) is 4.23. The molecule has 6 heteroatoms. The molecule has 0 saturated carbocycles. The third-order valence-electron chi connectivity index (χ3n) is 3.22. The number of carbonyl (C=O) groups is 2. The number of carboxylic acid groups (broad SMARTS) is 1. The fraction of sp³-hybridized carbons (Fsp3) is 0.278. The Morgan fingerprint density at radius 2 is 2.08 bits per heavy atom. The summed E-state index contributed by atoms with van der Waals surface area (Å²) >= 11 is 0. The summed E-state index contributed by atoms with van der Waals surface area (Å²) in [5.74, 6) is -2.21. The van der Waals surface area contributed by atoms with E-state index in [0.29, 0.717) is 6.41 Å². The summed E-state index contributed by atoms with van der Waals surface area (Å²) in [5, 5.41) is 10.7. The van der Waals surface area contributed by atoms with Crippen LogP contribution in [0.25, 0.3) is 0 Å². The minimum Gasteiger partial charge on any atom is -0.478 e. The number of unbranched alkanes of at least 4 members (excludes halogenated alkanes) is 1. The number of carboxylic acids is 1. The summed E-state index contributed by atoms with van der Waals surface area (Å²) in [6.07, 6.45) is 6.06. The first-order valence-corrected chi connectivity index (χ1v) is 7.62. The van der Waals surface area contributed by atoms with Gasteiger partial charge in [-0.1, -0.05) is 19.4 Å². The van der Waals surface area contributed by atoms with Crippen molar-refractivity contribution in [3.63, 3.8) is 0 Å². The highest BCUT2D eigenvalue weighted by molar-refractivity contribution is 5.88. The Morgan fingerprint density at radius 1 is 1.33 bits per heavy atom. The van der Waals surface area contributed by atoms with Gasteiger partial charge in [0.1, 0.15) is 5.82 Å². The molecule has 5 nitrogen and oxygen atoms in total. The van der Waals surface area contributed by atoms with Crippen LogP contribution in [0.1, 0.15) is 41.4 Å². The molecule has 2 N–H and O–H groups in total. The second kappa shape index (κ2) is 10.1. The average molecular weight is 332 g/mol. The molecule has 0 saturated heterocycles. The normalized spacial score (nSPS) is 9.62. The lowest BCUT2D eigenvalue weighted by molar-refractivity contribution is -0.105. The largest absolute Gasteiger partial charge is 0.478 e. The van der Waals surface area contributed by atoms with Crippen LogP contribution in [0.3, 0.4) is 0 Å². The number of rotatable bonds is 6. The number of anilines is 1. The molecule has 0 unspecified atom stereocenters. The smallest absolute Gasteiger partial charge is 0.338 e. The second-order valence-corrected chi connectivity index (χ2v) is 5.17. The van der Waals surface area contributed by atoms with E-state index in [9.17, 15) is 14.0 Å². The number of aryl methyl sites for hydroxylation is 2. The van der Waals surface area contributed by atoms with Crippen molar-refractivity contribution in [1.82, 2.24) is 4.98 Å². The van der Waals surface area contributed by atoms with Gasteiger partial charge < -0.3 is 10.4 Å². The van der Waals surface area contributed by atoms with Gasteiger partial charge in [0.05, 0.1) is 5.56 Å². The first-order valence-electron chi connectivity index (χ1n) is 7.62. The van der Waals surface area contributed by atoms with Crippen LogP contribution in [-0.4, -0.2) is 22.5 Å². The predicted octanol–water partition coefficient (Wildman–Crippen LogP) is 3.82. The van der Waals surface area contributed by atoms with Crippen LogP contribution >= 0.6 is 0 Å². The van der Waals surface area contributed by atoms with E-state index in [4.69, 9.17) is 5.11 Å². The molecule has 0 radical (unpaired) electrons. The summed E-state index contributed by atoms with van der Waals surface area (Å²) in [4.78, 5) is 24.5. The number of aromatic carboxylic acids is 1. The van der Waals surface area contributed by atoms with E-state index >= 15 is 0 Å². The van der Waals surface area contributed by atoms with Crippen LogP contribution in [0.2, 0.25) is 0 Å². The van der Waals surface area contributed by atoms with Gasteiger partial charge in [0.2, 0.25) is 6.41 Å². The SMILES string of the molecule is CCCCc1ccc(C)nc1.O=CNc1ccc(C(=O)O)c(F)c1. The number of halogens is 1. The minimum atomic E-state index is -1.34. The molecule has 1 amide bonds. The molecule has 2 aromatic rings. The van der Waals surface area contributed by atoms with Crippen molar-refractivity contribution in [3.8, 4) is 0 Å². The molecule has 0 aliphatic carbocycles. The first kappa shape index (κ1) is 19.3. The highest BCUT2D eigenvalue weighted by atomic mass is 19.1. The molecule has 1 aromatic carbocycles. The van der Waals surface area contributed by atoms with Crippen LogP contribution in [0, 0.1) is 12.7 Å². The van der Waals surface area contributed by atoms with Crippen LogP contribution in [0.15, 0.2) is 36.5 Å². The van der Waals surface area contributed by atoms with Gasteiger partial charge in [-0.2, -0.15) is 0 Å². The van der Waals surface area contributed by atoms with E-state index in [2.05, 4.69) is 29.4 Å². The summed E-state index contributed by atoms with van der Waals surface area (Å²) in [5.41, 5.74) is 2.26. The predicted molar refractivity (Wildman–Crippen MR) is 90.6 cm³/mol. The molecular formula is C18H21FN2O3. The van der Waals surface area contributed by atoms with Crippen LogP contribution in [-0.2, 0) is 11.2 Å². The van der Waals surface area contributed by atoms with Crippen molar-refractivity contribution in [1.29, 1.82) is 0 Å². The zero-order valence-corrected chi connectivity index (χ0v) is 13.8. The zero-order chi connectivity index (χ0) is 17.9. The van der Waals surface area contributed by atoms with Gasteiger partial charge in [0.25, 0.3) is 0 Å². The maximum Gasteiger partial charge on any atom is 0.338 e. The fourth-order valence-corrected chi connectivity index (χ4v) is 1.87. The molecule has 0 aliphatic heterocycles. The highest BCUT2D eigenvalue weighted by Crippen LogP contribution is 2.13. The number of hydrogen-bond acceptors (Lipinski definition) is 3. The Bertz CT molecular complexity index is 672. The third-order valence-corrected chi connectivity index (χ3v) is 3.22. The summed E-state index contributed by atoms with van der Waals surface area (Å²) < 4.78 is 12.9. The molecule has 0 aliphatic rings. The van der Waals surface area contributed by atoms with Crippen molar-refractivity contribution < 1.29 is 19.1 Å². The van der Waals surface area contributed by atoms with Crippen LogP contribution < -0.4 is 5.32 Å². The summed E-state index contributed by atoms with van der Waals surface area (Å²) in [6, 6.07) is 7.57. The Morgan fingerprint density at radius 3 is 2.58 bits per heavy atom. The molecule has 0 fully saturated rings. The highest BCUT2D eigenvalue weighted by Gasteiger charge is 2.09. The number of amides is 1. The first-order chi connectivity index (χ1) is 11.5. The molecule has 128 valence electrons. The molecule has 0 atom stereocenters. The lowest BCUT2D eigenvalue weighted by Crippen LogP contribution is -2.02. The molecule has 2 rings (SSSR count). The number of nitrogens with zero attached hydrogens (tertiary/aromatic N) is 1. The fourth-order valence-electron chi connectivity index (χ4n) is 1.87. The quantitative estimate of drug-likeness (QED) is 0.788. The van der Waals surface area contributed by atoms with Gasteiger partial charge in [0, 0.05) is 17.6 Å². The van der Waals surface area contributed by atoms with Crippen molar-refractivity contribution in [2.24, 2.45) is 0 Å². The van der Waals surface area contributed by atoms with E-state index < -0.39 is 17.3 Å². The number of benzene rings is 1. The number of carbonyl (C=O) groups excluding carboxylic acids is 1. The van der Waals surface area contributed by atoms with E-state index in [-0.39, 0.29) is 5.69 Å². The number of aromatic nitrogens is 1. The summed E-state index contributed by atoms with van der Waals surface area (Å²) in [7, 11) is 0. The van der Waals surface area contributed by atoms with Gasteiger partial charge in [-0.05, 0) is 49.6 Å². The van der Waals surface area contributed by atoms with Crippen LogP contribution in [0.4, 0.5) is 10.1 Å². The Kier molecular flexibility index (Phi) is 8.11. The Balaban J connectivity index is 0.000000243.